The molecule has 4 rings (SSSR count). The number of anilines is 2. The second-order valence-electron chi connectivity index (χ2n) is 9.55. The van der Waals surface area contributed by atoms with Crippen LogP contribution in [0.15, 0.2) is 24.3 Å². The topological polar surface area (TPSA) is 79.4 Å². The van der Waals surface area contributed by atoms with Gasteiger partial charge in [0.1, 0.15) is 11.6 Å². The van der Waals surface area contributed by atoms with E-state index in [1.807, 2.05) is 14.1 Å². The fourth-order valence-electron chi connectivity index (χ4n) is 4.88. The Morgan fingerprint density at radius 2 is 1.86 bits per heavy atom. The van der Waals surface area contributed by atoms with Crippen LogP contribution in [0.5, 0.6) is 5.75 Å². The van der Waals surface area contributed by atoms with E-state index >= 15 is 0 Å². The van der Waals surface area contributed by atoms with Crippen LogP contribution in [0.25, 0.3) is 0 Å². The van der Waals surface area contributed by atoms with Gasteiger partial charge in [0, 0.05) is 37.8 Å². The molecule has 0 unspecified atom stereocenters. The third-order valence-electron chi connectivity index (χ3n) is 6.65. The number of hydrogen-bond donors (Lipinski definition) is 2. The summed E-state index contributed by atoms with van der Waals surface area (Å²) in [7, 11) is 4.03. The van der Waals surface area contributed by atoms with E-state index in [1.54, 1.807) is 0 Å². The van der Waals surface area contributed by atoms with Gasteiger partial charge in [-0.15, -0.1) is 13.2 Å². The Morgan fingerprint density at radius 1 is 1.11 bits per heavy atom. The first-order valence-corrected chi connectivity index (χ1v) is 12.2. The highest BCUT2D eigenvalue weighted by atomic mass is 19.4. The second-order valence-corrected chi connectivity index (χ2v) is 9.55. The molecule has 2 N–H and O–H groups in total. The minimum Gasteiger partial charge on any atom is -0.406 e. The highest BCUT2D eigenvalue weighted by Gasteiger charge is 2.31. The van der Waals surface area contributed by atoms with E-state index in [-0.39, 0.29) is 11.6 Å². The van der Waals surface area contributed by atoms with E-state index in [0.717, 1.165) is 62.5 Å². The van der Waals surface area contributed by atoms with Crippen LogP contribution < -0.4 is 20.3 Å². The quantitative estimate of drug-likeness (QED) is 0.584. The number of hydrogen-bond acceptors (Lipinski definition) is 6. The summed E-state index contributed by atoms with van der Waals surface area (Å²) in [6, 6.07) is 5.39. The maximum atomic E-state index is 12.4. The lowest BCUT2D eigenvalue weighted by Crippen LogP contribution is -2.34. The van der Waals surface area contributed by atoms with Gasteiger partial charge in [-0.3, -0.25) is 4.79 Å². The van der Waals surface area contributed by atoms with Crippen molar-refractivity contribution >= 4 is 17.7 Å². The second kappa shape index (κ2) is 10.7. The molecule has 190 valence electrons. The summed E-state index contributed by atoms with van der Waals surface area (Å²) in [5, 5.41) is 6.37. The molecule has 35 heavy (non-hydrogen) atoms. The Bertz CT molecular complexity index is 1040. The lowest BCUT2D eigenvalue weighted by molar-refractivity contribution is -0.274. The molecule has 2 aliphatic rings. The van der Waals surface area contributed by atoms with Gasteiger partial charge in [0.05, 0.1) is 5.69 Å². The average molecular weight is 492 g/mol. The van der Waals surface area contributed by atoms with Crippen LogP contribution in [0.1, 0.15) is 60.1 Å². The zero-order valence-corrected chi connectivity index (χ0v) is 20.1. The van der Waals surface area contributed by atoms with Crippen molar-refractivity contribution in [1.29, 1.82) is 0 Å². The Labute approximate surface area is 203 Å². The standard InChI is InChI=1S/C25H32F3N5O2/c1-33(2)22-20-8-3-4-9-21(20)31-24(32-22)30-18-12-10-16(11-13-18)15-29-23(34)17-6-5-7-19(14-17)35-25(26,27)28/h5-7,14,16,18H,3-4,8-13,15H2,1-2H3,(H,29,34)(H,30,31,32)/t16-,18+. The fourth-order valence-corrected chi connectivity index (χ4v) is 4.88. The maximum absolute atomic E-state index is 12.4. The molecule has 1 aromatic carbocycles. The van der Waals surface area contributed by atoms with Crippen LogP contribution in [0.2, 0.25) is 0 Å². The number of aromatic nitrogens is 2. The van der Waals surface area contributed by atoms with Crippen LogP contribution in [0.4, 0.5) is 24.9 Å². The number of nitrogens with zero attached hydrogens (tertiary/aromatic N) is 3. The number of alkyl halides is 3. The van der Waals surface area contributed by atoms with Crippen molar-refractivity contribution in [1.82, 2.24) is 15.3 Å². The Balaban J connectivity index is 1.27. The number of nitrogens with one attached hydrogen (secondary N) is 2. The van der Waals surface area contributed by atoms with Crippen LogP contribution in [-0.2, 0) is 12.8 Å². The molecule has 1 saturated carbocycles. The molecular weight excluding hydrogens is 459 g/mol. The first kappa shape index (κ1) is 25.1. The van der Waals surface area contributed by atoms with Gasteiger partial charge in [0.2, 0.25) is 5.95 Å². The van der Waals surface area contributed by atoms with Gasteiger partial charge >= 0.3 is 6.36 Å². The highest BCUT2D eigenvalue weighted by molar-refractivity contribution is 5.94. The van der Waals surface area contributed by atoms with Crippen molar-refractivity contribution in [3.8, 4) is 5.75 Å². The van der Waals surface area contributed by atoms with Crippen molar-refractivity contribution in [2.75, 3.05) is 30.9 Å². The monoisotopic (exact) mass is 491 g/mol. The molecule has 1 heterocycles. The fraction of sp³-hybridized carbons (Fsp3) is 0.560. The molecule has 0 aliphatic heterocycles. The van der Waals surface area contributed by atoms with Crippen molar-refractivity contribution < 1.29 is 22.7 Å². The molecule has 0 spiro atoms. The lowest BCUT2D eigenvalue weighted by Gasteiger charge is -2.30. The van der Waals surface area contributed by atoms with Crippen molar-refractivity contribution in [2.24, 2.45) is 5.92 Å². The Hall–Kier alpha value is -3.04. The first-order chi connectivity index (χ1) is 16.7. The van der Waals surface area contributed by atoms with E-state index in [9.17, 15) is 18.0 Å². The van der Waals surface area contributed by atoms with Gasteiger partial charge < -0.3 is 20.3 Å². The van der Waals surface area contributed by atoms with E-state index < -0.39 is 18.0 Å². The number of benzene rings is 1. The van der Waals surface area contributed by atoms with E-state index in [0.29, 0.717) is 18.4 Å². The van der Waals surface area contributed by atoms with Gasteiger partial charge in [-0.2, -0.15) is 4.98 Å². The maximum Gasteiger partial charge on any atom is 0.573 e. The molecule has 0 atom stereocenters. The number of rotatable bonds is 7. The summed E-state index contributed by atoms with van der Waals surface area (Å²) in [4.78, 5) is 24.1. The van der Waals surface area contributed by atoms with Gasteiger partial charge in [0.25, 0.3) is 5.91 Å². The van der Waals surface area contributed by atoms with Crippen LogP contribution in [0.3, 0.4) is 0 Å². The van der Waals surface area contributed by atoms with E-state index in [4.69, 9.17) is 9.97 Å². The number of carbonyl (C=O) groups excluding carboxylic acids is 1. The summed E-state index contributed by atoms with van der Waals surface area (Å²) in [6.07, 6.45) is 3.30. The van der Waals surface area contributed by atoms with Crippen molar-refractivity contribution in [2.45, 2.75) is 63.8 Å². The predicted molar refractivity (Wildman–Crippen MR) is 128 cm³/mol. The minimum atomic E-state index is -4.79. The number of ether oxygens (including phenoxy) is 1. The number of halogens is 3. The summed E-state index contributed by atoms with van der Waals surface area (Å²) in [6.45, 7) is 0.482. The third-order valence-corrected chi connectivity index (χ3v) is 6.65. The molecule has 7 nitrogen and oxygen atoms in total. The Kier molecular flexibility index (Phi) is 7.66. The largest absolute Gasteiger partial charge is 0.573 e. The average Bonchev–Trinajstić information content (AvgIpc) is 2.82. The van der Waals surface area contributed by atoms with E-state index in [2.05, 4.69) is 20.3 Å². The van der Waals surface area contributed by atoms with Crippen LogP contribution in [-0.4, -0.2) is 48.9 Å². The SMILES string of the molecule is CN(C)c1nc(N[C@H]2CC[C@@H](CNC(=O)c3cccc(OC(F)(F)F)c3)CC2)nc2c1CCCC2. The molecular formula is C25H32F3N5O2. The smallest absolute Gasteiger partial charge is 0.406 e. The predicted octanol–water partition coefficient (Wildman–Crippen LogP) is 4.72. The molecule has 2 aliphatic carbocycles. The summed E-state index contributed by atoms with van der Waals surface area (Å²) >= 11 is 0. The molecule has 0 bridgehead atoms. The Morgan fingerprint density at radius 3 is 2.57 bits per heavy atom. The summed E-state index contributed by atoms with van der Waals surface area (Å²) in [5.41, 5.74) is 2.56. The van der Waals surface area contributed by atoms with Gasteiger partial charge in [0.15, 0.2) is 0 Å². The molecule has 2 aromatic rings. The number of amides is 1. The molecule has 1 fully saturated rings. The molecule has 0 radical (unpaired) electrons. The molecule has 10 heteroatoms. The summed E-state index contributed by atoms with van der Waals surface area (Å²) < 4.78 is 41.2. The molecule has 0 saturated heterocycles. The zero-order valence-electron chi connectivity index (χ0n) is 20.1. The number of aryl methyl sites for hydroxylation is 1. The number of carbonyl (C=O) groups is 1. The van der Waals surface area contributed by atoms with Gasteiger partial charge in [-0.25, -0.2) is 4.98 Å². The van der Waals surface area contributed by atoms with Crippen molar-refractivity contribution in [3.05, 3.63) is 41.1 Å². The van der Waals surface area contributed by atoms with Gasteiger partial charge in [-0.1, -0.05) is 6.07 Å². The lowest BCUT2D eigenvalue weighted by atomic mass is 9.86. The minimum absolute atomic E-state index is 0.142. The summed E-state index contributed by atoms with van der Waals surface area (Å²) in [5.74, 6) is 1.19. The van der Waals surface area contributed by atoms with Crippen LogP contribution in [0, 0.1) is 5.92 Å². The van der Waals surface area contributed by atoms with Crippen molar-refractivity contribution in [3.63, 3.8) is 0 Å². The number of fused-ring (bicyclic) bond motifs is 1. The molecule has 1 aromatic heterocycles. The highest BCUT2D eigenvalue weighted by Crippen LogP contribution is 2.30. The van der Waals surface area contributed by atoms with Crippen LogP contribution >= 0.6 is 0 Å². The normalized spacial score (nSPS) is 20.0. The third kappa shape index (κ3) is 6.76. The van der Waals surface area contributed by atoms with Gasteiger partial charge in [-0.05, 0) is 75.5 Å². The zero-order chi connectivity index (χ0) is 25.0. The molecule has 1 amide bonds. The van der Waals surface area contributed by atoms with E-state index in [1.165, 1.54) is 30.2 Å². The first-order valence-electron chi connectivity index (χ1n) is 12.2.